The van der Waals surface area contributed by atoms with Gasteiger partial charge in [-0.2, -0.15) is 14.2 Å². The monoisotopic (exact) mass is 430 g/mol. The van der Waals surface area contributed by atoms with Gasteiger partial charge < -0.3 is 10.2 Å². The third-order valence-electron chi connectivity index (χ3n) is 2.68. The van der Waals surface area contributed by atoms with Gasteiger partial charge >= 0.3 is 94.6 Å². The molecule has 18 heavy (non-hydrogen) atoms. The molecule has 0 aromatic heterocycles. The summed E-state index contributed by atoms with van der Waals surface area (Å²) in [7, 11) is 1.50. The fourth-order valence-electron chi connectivity index (χ4n) is 2.11. The van der Waals surface area contributed by atoms with Gasteiger partial charge in [0.15, 0.2) is 0 Å². The summed E-state index contributed by atoms with van der Waals surface area (Å²) < 4.78 is 3.70. The van der Waals surface area contributed by atoms with Crippen LogP contribution in [0.1, 0.15) is 12.8 Å². The van der Waals surface area contributed by atoms with Crippen molar-refractivity contribution in [1.82, 2.24) is 0 Å². The third-order valence-corrected chi connectivity index (χ3v) is 27.0. The van der Waals surface area contributed by atoms with E-state index in [9.17, 15) is 0 Å². The second kappa shape index (κ2) is 10.8. The molecular weight excluding hydrogens is 407 g/mol. The molecule has 4 heteroatoms. The van der Waals surface area contributed by atoms with E-state index < -0.39 is 20.1 Å². The summed E-state index contributed by atoms with van der Waals surface area (Å²) >= 11 is -1.50. The van der Waals surface area contributed by atoms with Crippen molar-refractivity contribution in [2.75, 3.05) is 14.2 Å². The Morgan fingerprint density at radius 1 is 0.889 bits per heavy atom. The fraction of sp³-hybridized carbons (Fsp3) is 0.429. The Morgan fingerprint density at radius 2 is 1.28 bits per heavy atom. The summed E-state index contributed by atoms with van der Waals surface area (Å²) in [5.74, 6) is 0. The number of hydrogen-bond acceptors (Lipinski definition) is 2. The van der Waals surface area contributed by atoms with Crippen LogP contribution in [0.3, 0.4) is 0 Å². The summed E-state index contributed by atoms with van der Waals surface area (Å²) in [6.07, 6.45) is 16.5. The molecule has 2 nitrogen and oxygen atoms in total. The molecule has 0 spiro atoms. The molecule has 0 saturated heterocycles. The van der Waals surface area contributed by atoms with Crippen LogP contribution < -0.4 is 10.2 Å². The molecule has 0 aliphatic heterocycles. The van der Waals surface area contributed by atoms with Gasteiger partial charge in [0.25, 0.3) is 0 Å². The van der Waals surface area contributed by atoms with Gasteiger partial charge in [0.2, 0.25) is 0 Å². The van der Waals surface area contributed by atoms with Gasteiger partial charge in [-0.15, -0.1) is 0 Å². The molecule has 0 fully saturated rings. The van der Waals surface area contributed by atoms with Crippen LogP contribution in [0, 0.1) is 0 Å². The van der Waals surface area contributed by atoms with Gasteiger partial charge in [0, 0.05) is 0 Å². The Balaban J connectivity index is 0.000000659. The van der Waals surface area contributed by atoms with Gasteiger partial charge in [0.1, 0.15) is 0 Å². The molecule has 2 aliphatic rings. The molecule has 2 aliphatic carbocycles. The quantitative estimate of drug-likeness (QED) is 0.626. The standard InChI is InChI=1S/2C5H5.C2H6Si.2CH3O.Hf/c2*1-2-4-5-3-1;1-3-2;2*1-2;/h2*1-3H,4H2;1-2H3;2*1H3;/q;;;2*-1;+2. The van der Waals surface area contributed by atoms with E-state index >= 15 is 0 Å². The zero-order valence-electron chi connectivity index (χ0n) is 11.7. The SMILES string of the molecule is C[O-].C[O-].C[Si](C)=[Hf+2]([C]1=CC=CC1)[C]1=CC=CC1. The molecule has 0 N–H and O–H groups in total. The summed E-state index contributed by atoms with van der Waals surface area (Å²) in [6, 6.07) is 0. The molecule has 2 rings (SSSR count). The van der Waals surface area contributed by atoms with E-state index in [1.807, 2.05) is 6.66 Å². The van der Waals surface area contributed by atoms with E-state index in [2.05, 4.69) is 49.6 Å². The molecule has 0 saturated carbocycles. The van der Waals surface area contributed by atoms with Crippen molar-refractivity contribution in [3.05, 3.63) is 43.1 Å². The first-order valence-electron chi connectivity index (χ1n) is 6.00. The topological polar surface area (TPSA) is 46.1 Å². The maximum absolute atomic E-state index is 8.25. The molecule has 98 valence electrons. The molecular formula is C14H22HfO2Si. The van der Waals surface area contributed by atoms with Crippen molar-refractivity contribution in [2.45, 2.75) is 25.9 Å². The third kappa shape index (κ3) is 5.30. The first kappa shape index (κ1) is 18.0. The number of hydrogen-bond donors (Lipinski definition) is 0. The minimum absolute atomic E-state index is 0.0425. The van der Waals surface area contributed by atoms with Gasteiger partial charge in [-0.05, 0) is 0 Å². The summed E-state index contributed by atoms with van der Waals surface area (Å²) in [5, 5.41) is 16.5. The van der Waals surface area contributed by atoms with Gasteiger partial charge in [-0.25, -0.2) is 0 Å². The Morgan fingerprint density at radius 3 is 1.50 bits per heavy atom. The van der Waals surface area contributed by atoms with Crippen LogP contribution in [0.4, 0.5) is 0 Å². The molecule has 0 bridgehead atoms. The molecule has 0 aromatic rings. The Kier molecular flexibility index (Phi) is 10.8. The molecule has 0 atom stereocenters. The van der Waals surface area contributed by atoms with Crippen molar-refractivity contribution >= 4 is 5.49 Å². The Labute approximate surface area is 119 Å². The van der Waals surface area contributed by atoms with Crippen molar-refractivity contribution < 1.29 is 30.3 Å². The van der Waals surface area contributed by atoms with Crippen LogP contribution >= 0.6 is 0 Å². The number of rotatable bonds is 2. The molecule has 0 aromatic carbocycles. The normalized spacial score (nSPS) is 14.5. The average molecular weight is 429 g/mol. The van der Waals surface area contributed by atoms with Crippen molar-refractivity contribution in [3.8, 4) is 0 Å². The number of allylic oxidation sites excluding steroid dienone is 8. The van der Waals surface area contributed by atoms with E-state index in [0.29, 0.717) is 0 Å². The van der Waals surface area contributed by atoms with Crippen molar-refractivity contribution in [3.63, 3.8) is 0 Å². The van der Waals surface area contributed by atoms with Crippen LogP contribution in [-0.2, 0) is 20.1 Å². The first-order valence-corrected chi connectivity index (χ1v) is 17.5. The zero-order valence-corrected chi connectivity index (χ0v) is 16.3. The van der Waals surface area contributed by atoms with Crippen molar-refractivity contribution in [1.29, 1.82) is 0 Å². The van der Waals surface area contributed by atoms with E-state index in [1.54, 1.807) is 0 Å². The first-order chi connectivity index (χ1) is 8.79. The van der Waals surface area contributed by atoms with Crippen LogP contribution in [0.5, 0.6) is 0 Å². The molecule has 0 amide bonds. The molecule has 0 unspecified atom stereocenters. The summed E-state index contributed by atoms with van der Waals surface area (Å²) in [6.45, 7) is 5.04. The van der Waals surface area contributed by atoms with E-state index in [0.717, 1.165) is 14.2 Å². The van der Waals surface area contributed by atoms with Gasteiger partial charge in [-0.3, -0.25) is 0 Å². The van der Waals surface area contributed by atoms with Crippen LogP contribution in [-0.4, -0.2) is 19.7 Å². The Bertz CT molecular complexity index is 368. The maximum atomic E-state index is 8.25. The second-order valence-electron chi connectivity index (χ2n) is 4.02. The van der Waals surface area contributed by atoms with Crippen LogP contribution in [0.15, 0.2) is 43.1 Å². The zero-order chi connectivity index (χ0) is 14.0. The molecule has 0 heterocycles. The van der Waals surface area contributed by atoms with E-state index in [4.69, 9.17) is 10.2 Å². The van der Waals surface area contributed by atoms with Crippen molar-refractivity contribution in [2.24, 2.45) is 0 Å². The van der Waals surface area contributed by atoms with Gasteiger partial charge in [0.05, 0.1) is 0 Å². The van der Waals surface area contributed by atoms with E-state index in [-0.39, 0.29) is 5.49 Å². The predicted octanol–water partition coefficient (Wildman–Crippen LogP) is 1.50. The Hall–Kier alpha value is -0.0330. The van der Waals surface area contributed by atoms with E-state index in [1.165, 1.54) is 12.8 Å². The van der Waals surface area contributed by atoms with Crippen LogP contribution in [0.25, 0.3) is 0 Å². The molecule has 0 radical (unpaired) electrons. The summed E-state index contributed by atoms with van der Waals surface area (Å²) in [4.78, 5) is 0. The summed E-state index contributed by atoms with van der Waals surface area (Å²) in [5.41, 5.74) is -0.0425. The fourth-order valence-corrected chi connectivity index (χ4v) is 26.0. The van der Waals surface area contributed by atoms with Gasteiger partial charge in [-0.1, -0.05) is 0 Å². The minimum atomic E-state index is -1.50. The second-order valence-corrected chi connectivity index (χ2v) is 28.2. The predicted molar refractivity (Wildman–Crippen MR) is 73.0 cm³/mol. The average Bonchev–Trinajstić information content (AvgIpc) is 3.08. The van der Waals surface area contributed by atoms with Crippen LogP contribution in [0.2, 0.25) is 13.1 Å².